The van der Waals surface area contributed by atoms with Crippen LogP contribution in [0.15, 0.2) is 91.3 Å². The van der Waals surface area contributed by atoms with Crippen molar-refractivity contribution in [2.24, 2.45) is 0 Å². The maximum Gasteiger partial charge on any atom is 0.227 e. The lowest BCUT2D eigenvalue weighted by Gasteiger charge is -2.00. The van der Waals surface area contributed by atoms with Crippen molar-refractivity contribution >= 4 is 5.78 Å². The molecule has 4 nitrogen and oxygen atoms in total. The van der Waals surface area contributed by atoms with Crippen molar-refractivity contribution in [1.82, 2.24) is 10.2 Å². The number of nitrogens with zero attached hydrogens (tertiary/aromatic N) is 2. The van der Waals surface area contributed by atoms with Crippen LogP contribution in [0.2, 0.25) is 0 Å². The monoisotopic (exact) mass is 433 g/mol. The summed E-state index contributed by atoms with van der Waals surface area (Å²) in [6.45, 7) is 0.308. The number of halogens is 1. The minimum Gasteiger partial charge on any atom is -1.00 e. The molecular weight excluding hydrogens is 414 g/mol. The molecular formula is C23H20BrN3O. The Morgan fingerprint density at radius 2 is 1.64 bits per heavy atom. The van der Waals surface area contributed by atoms with Crippen LogP contribution in [0.3, 0.4) is 0 Å². The minimum atomic E-state index is 0. The molecule has 0 aliphatic heterocycles. The van der Waals surface area contributed by atoms with Crippen LogP contribution in [-0.2, 0) is 13.0 Å². The molecule has 0 saturated heterocycles. The van der Waals surface area contributed by atoms with Gasteiger partial charge in [0.25, 0.3) is 0 Å². The summed E-state index contributed by atoms with van der Waals surface area (Å²) in [7, 11) is 0. The standard InChI is InChI=1S/C23H20N3O.BrH/c27-23(19-10-5-2-6-11-19)17-26-13-7-12-20(16-26)22-15-21(24-25-22)14-18-8-3-1-4-9-18;/h1-13,15-16H,14,17H2,(H,24,25);1H/q+1;/p-1. The molecule has 0 aliphatic rings. The van der Waals surface area contributed by atoms with Crippen LogP contribution in [-0.4, -0.2) is 16.0 Å². The highest BCUT2D eigenvalue weighted by Crippen LogP contribution is 2.17. The van der Waals surface area contributed by atoms with E-state index in [1.54, 1.807) is 0 Å². The number of H-pyrrole nitrogens is 1. The van der Waals surface area contributed by atoms with Crippen molar-refractivity contribution < 1.29 is 26.3 Å². The fourth-order valence-electron chi connectivity index (χ4n) is 3.07. The second-order valence-corrected chi connectivity index (χ2v) is 6.49. The van der Waals surface area contributed by atoms with Crippen LogP contribution >= 0.6 is 0 Å². The highest BCUT2D eigenvalue weighted by atomic mass is 79.9. The van der Waals surface area contributed by atoms with Gasteiger partial charge in [-0.15, -0.1) is 0 Å². The highest BCUT2D eigenvalue weighted by Gasteiger charge is 2.14. The van der Waals surface area contributed by atoms with Crippen molar-refractivity contribution in [3.05, 3.63) is 108 Å². The second-order valence-electron chi connectivity index (χ2n) is 6.49. The van der Waals surface area contributed by atoms with Gasteiger partial charge in [0.2, 0.25) is 12.3 Å². The lowest BCUT2D eigenvalue weighted by atomic mass is 10.1. The molecule has 0 atom stereocenters. The molecule has 0 aliphatic carbocycles. The van der Waals surface area contributed by atoms with Gasteiger partial charge in [-0.3, -0.25) is 9.89 Å². The van der Waals surface area contributed by atoms with E-state index in [0.29, 0.717) is 6.54 Å². The lowest BCUT2D eigenvalue weighted by molar-refractivity contribution is -0.682. The topological polar surface area (TPSA) is 49.6 Å². The van der Waals surface area contributed by atoms with E-state index in [4.69, 9.17) is 0 Å². The molecule has 0 saturated carbocycles. The Kier molecular flexibility index (Phi) is 6.50. The Morgan fingerprint density at radius 1 is 0.929 bits per heavy atom. The maximum atomic E-state index is 12.4. The molecule has 1 N–H and O–H groups in total. The number of Topliss-reactive ketones (excluding diaryl/α,β-unsaturated/α-hetero) is 1. The maximum absolute atomic E-state index is 12.4. The largest absolute Gasteiger partial charge is 1.00 e. The van der Waals surface area contributed by atoms with Crippen LogP contribution < -0.4 is 21.5 Å². The lowest BCUT2D eigenvalue weighted by Crippen LogP contribution is -3.00. The number of ketones is 1. The number of hydrogen-bond donors (Lipinski definition) is 1. The van der Waals surface area contributed by atoms with E-state index in [2.05, 4.69) is 28.4 Å². The number of hydrogen-bond acceptors (Lipinski definition) is 2. The molecule has 2 heterocycles. The third-order valence-electron chi connectivity index (χ3n) is 4.45. The third-order valence-corrected chi connectivity index (χ3v) is 4.45. The van der Waals surface area contributed by atoms with E-state index in [-0.39, 0.29) is 22.8 Å². The van der Waals surface area contributed by atoms with Crippen LogP contribution in [0.4, 0.5) is 0 Å². The summed E-state index contributed by atoms with van der Waals surface area (Å²) in [5, 5.41) is 7.53. The average Bonchev–Trinajstić information content (AvgIpc) is 3.18. The van der Waals surface area contributed by atoms with E-state index in [0.717, 1.165) is 28.9 Å². The summed E-state index contributed by atoms with van der Waals surface area (Å²) in [6.07, 6.45) is 4.67. The molecule has 0 unspecified atom stereocenters. The average molecular weight is 434 g/mol. The second kappa shape index (κ2) is 9.24. The molecule has 5 heteroatoms. The van der Waals surface area contributed by atoms with Crippen molar-refractivity contribution in [3.63, 3.8) is 0 Å². The van der Waals surface area contributed by atoms with Gasteiger partial charge >= 0.3 is 0 Å². The Labute approximate surface area is 174 Å². The van der Waals surface area contributed by atoms with E-state index in [1.807, 2.05) is 77.6 Å². The van der Waals surface area contributed by atoms with E-state index < -0.39 is 0 Å². The Bertz CT molecular complexity index is 1050. The third kappa shape index (κ3) is 4.81. The first-order valence-corrected chi connectivity index (χ1v) is 8.94. The van der Waals surface area contributed by atoms with Gasteiger partial charge in [0.05, 0.1) is 17.0 Å². The normalized spacial score (nSPS) is 10.3. The minimum absolute atomic E-state index is 0. The van der Waals surface area contributed by atoms with Crippen molar-refractivity contribution in [3.8, 4) is 11.3 Å². The number of pyridine rings is 1. The van der Waals surface area contributed by atoms with Gasteiger partial charge in [0.15, 0.2) is 12.4 Å². The quantitative estimate of drug-likeness (QED) is 0.361. The first kappa shape index (κ1) is 19.7. The smallest absolute Gasteiger partial charge is 0.227 e. The number of benzene rings is 2. The van der Waals surface area contributed by atoms with Gasteiger partial charge < -0.3 is 17.0 Å². The van der Waals surface area contributed by atoms with E-state index in [1.165, 1.54) is 5.56 Å². The number of carbonyl (C=O) groups is 1. The molecule has 0 spiro atoms. The van der Waals surface area contributed by atoms with Gasteiger partial charge in [-0.05, 0) is 17.7 Å². The van der Waals surface area contributed by atoms with Gasteiger partial charge in [-0.25, -0.2) is 0 Å². The molecule has 140 valence electrons. The number of rotatable bonds is 6. The summed E-state index contributed by atoms with van der Waals surface area (Å²) in [6, 6.07) is 25.7. The van der Waals surface area contributed by atoms with Crippen molar-refractivity contribution in [2.45, 2.75) is 13.0 Å². The van der Waals surface area contributed by atoms with Gasteiger partial charge in [0, 0.05) is 18.1 Å². The predicted octanol–water partition coefficient (Wildman–Crippen LogP) is 0.842. The van der Waals surface area contributed by atoms with E-state index >= 15 is 0 Å². The fraction of sp³-hybridized carbons (Fsp3) is 0.0870. The van der Waals surface area contributed by atoms with Crippen LogP contribution in [0.1, 0.15) is 21.6 Å². The zero-order chi connectivity index (χ0) is 18.5. The zero-order valence-corrected chi connectivity index (χ0v) is 16.8. The van der Waals surface area contributed by atoms with Crippen LogP contribution in [0, 0.1) is 0 Å². The fourth-order valence-corrected chi connectivity index (χ4v) is 3.07. The molecule has 4 rings (SSSR count). The first-order valence-electron chi connectivity index (χ1n) is 8.94. The molecule has 0 fully saturated rings. The van der Waals surface area contributed by atoms with Crippen LogP contribution in [0.5, 0.6) is 0 Å². The summed E-state index contributed by atoms with van der Waals surface area (Å²) >= 11 is 0. The summed E-state index contributed by atoms with van der Waals surface area (Å²) in [5.74, 6) is 0.0899. The molecule has 28 heavy (non-hydrogen) atoms. The molecule has 4 aromatic rings. The summed E-state index contributed by atoms with van der Waals surface area (Å²) < 4.78 is 1.91. The van der Waals surface area contributed by atoms with Gasteiger partial charge in [-0.2, -0.15) is 9.67 Å². The van der Waals surface area contributed by atoms with Crippen molar-refractivity contribution in [2.75, 3.05) is 0 Å². The molecule has 2 aromatic carbocycles. The Hall–Kier alpha value is -3.05. The summed E-state index contributed by atoms with van der Waals surface area (Å²) in [4.78, 5) is 12.4. The summed E-state index contributed by atoms with van der Waals surface area (Å²) in [5.41, 5.74) is 4.90. The molecule has 0 amide bonds. The zero-order valence-electron chi connectivity index (χ0n) is 15.3. The molecule has 0 radical (unpaired) electrons. The number of carbonyl (C=O) groups excluding carboxylic acids is 1. The molecule has 0 bridgehead atoms. The number of aromatic amines is 1. The van der Waals surface area contributed by atoms with Crippen molar-refractivity contribution in [1.29, 1.82) is 0 Å². The highest BCUT2D eigenvalue weighted by molar-refractivity contribution is 5.94. The first-order chi connectivity index (χ1) is 13.3. The Morgan fingerprint density at radius 3 is 2.39 bits per heavy atom. The Balaban J connectivity index is 0.00000225. The number of nitrogens with one attached hydrogen (secondary N) is 1. The van der Waals surface area contributed by atoms with Gasteiger partial charge in [0.1, 0.15) is 0 Å². The van der Waals surface area contributed by atoms with E-state index in [9.17, 15) is 4.79 Å². The molecule has 2 aromatic heterocycles. The SMILES string of the molecule is O=C(C[n+]1cccc(-c2cc(Cc3ccccc3)n[nH]2)c1)c1ccccc1.[Br-]. The van der Waals surface area contributed by atoms with Crippen LogP contribution in [0.25, 0.3) is 11.3 Å². The predicted molar refractivity (Wildman–Crippen MR) is 104 cm³/mol. The number of aromatic nitrogens is 3. The van der Waals surface area contributed by atoms with Gasteiger partial charge in [-0.1, -0.05) is 60.7 Å².